The number of rotatable bonds is 5. The first-order chi connectivity index (χ1) is 15.6. The minimum absolute atomic E-state index is 0.108. The van der Waals surface area contributed by atoms with Gasteiger partial charge in [0.05, 0.1) is 16.7 Å². The van der Waals surface area contributed by atoms with Crippen LogP contribution in [0.3, 0.4) is 0 Å². The van der Waals surface area contributed by atoms with Crippen molar-refractivity contribution in [3.05, 3.63) is 65.2 Å². The Labute approximate surface area is 190 Å². The summed E-state index contributed by atoms with van der Waals surface area (Å²) >= 11 is 0. The van der Waals surface area contributed by atoms with Crippen LogP contribution in [0, 0.1) is 17.2 Å². The van der Waals surface area contributed by atoms with Gasteiger partial charge in [0.15, 0.2) is 6.10 Å². The Morgan fingerprint density at radius 2 is 1.55 bits per heavy atom. The Morgan fingerprint density at radius 3 is 2.15 bits per heavy atom. The number of hydrogen-bond donors (Lipinski definition) is 0. The zero-order chi connectivity index (χ0) is 24.2. The summed E-state index contributed by atoms with van der Waals surface area (Å²) < 4.78 is 45.7. The van der Waals surface area contributed by atoms with Crippen molar-refractivity contribution < 1.29 is 27.5 Å². The highest BCUT2D eigenvalue weighted by molar-refractivity contribution is 5.96. The fourth-order valence-corrected chi connectivity index (χ4v) is 3.67. The number of carbonyl (C=O) groups is 2. The maximum absolute atomic E-state index is 13.3. The lowest BCUT2D eigenvalue weighted by atomic mass is 10.0. The van der Waals surface area contributed by atoms with Crippen LogP contribution in [0.15, 0.2) is 48.5 Å². The van der Waals surface area contributed by atoms with Crippen molar-refractivity contribution in [2.45, 2.75) is 26.1 Å². The molecule has 0 aliphatic carbocycles. The van der Waals surface area contributed by atoms with Crippen LogP contribution in [0.2, 0.25) is 0 Å². The first-order valence-corrected chi connectivity index (χ1v) is 10.5. The predicted molar refractivity (Wildman–Crippen MR) is 114 cm³/mol. The molecule has 1 atom stereocenters. The molecule has 0 bridgehead atoms. The second-order valence-electron chi connectivity index (χ2n) is 8.05. The van der Waals surface area contributed by atoms with Gasteiger partial charge in [0.2, 0.25) is 0 Å². The molecule has 2 amide bonds. The molecule has 174 valence electrons. The summed E-state index contributed by atoms with van der Waals surface area (Å²) in [6.07, 6.45) is -5.47. The average Bonchev–Trinajstić information content (AvgIpc) is 2.81. The van der Waals surface area contributed by atoms with Gasteiger partial charge in [0.25, 0.3) is 11.8 Å². The molecule has 1 heterocycles. The first kappa shape index (κ1) is 24.1. The quantitative estimate of drug-likeness (QED) is 0.679. The van der Waals surface area contributed by atoms with Gasteiger partial charge in [-0.15, -0.1) is 0 Å². The Bertz CT molecular complexity index is 1050. The van der Waals surface area contributed by atoms with Crippen LogP contribution < -0.4 is 4.74 Å². The number of halogens is 3. The van der Waals surface area contributed by atoms with Gasteiger partial charge < -0.3 is 14.5 Å². The van der Waals surface area contributed by atoms with Crippen molar-refractivity contribution in [3.63, 3.8) is 0 Å². The Hall–Kier alpha value is -3.54. The third-order valence-electron chi connectivity index (χ3n) is 5.45. The number of alkyl halides is 3. The van der Waals surface area contributed by atoms with Gasteiger partial charge in [0.1, 0.15) is 11.8 Å². The number of nitrogens with zero attached hydrogens (tertiary/aromatic N) is 3. The summed E-state index contributed by atoms with van der Waals surface area (Å²) in [5, 5.41) is 9.27. The average molecular weight is 459 g/mol. The number of carbonyl (C=O) groups excluding carboxylic acids is 2. The lowest BCUT2D eigenvalue weighted by Gasteiger charge is -2.37. The monoisotopic (exact) mass is 459 g/mol. The van der Waals surface area contributed by atoms with E-state index in [1.807, 2.05) is 19.9 Å². The summed E-state index contributed by atoms with van der Waals surface area (Å²) in [6, 6.07) is 13.3. The number of amides is 2. The van der Waals surface area contributed by atoms with Crippen molar-refractivity contribution in [3.8, 4) is 11.8 Å². The van der Waals surface area contributed by atoms with Crippen LogP contribution in [0.4, 0.5) is 13.2 Å². The molecule has 2 aromatic carbocycles. The van der Waals surface area contributed by atoms with E-state index in [9.17, 15) is 28.0 Å². The minimum Gasteiger partial charge on any atom is -0.479 e. The molecule has 0 aromatic heterocycles. The molecule has 0 saturated carbocycles. The molecule has 0 spiro atoms. The molecule has 1 aliphatic rings. The molecule has 3 rings (SSSR count). The van der Waals surface area contributed by atoms with Gasteiger partial charge in [0, 0.05) is 26.2 Å². The van der Waals surface area contributed by atoms with E-state index < -0.39 is 29.3 Å². The van der Waals surface area contributed by atoms with Crippen molar-refractivity contribution in [2.24, 2.45) is 5.92 Å². The summed E-state index contributed by atoms with van der Waals surface area (Å²) in [4.78, 5) is 28.8. The van der Waals surface area contributed by atoms with Crippen molar-refractivity contribution in [2.75, 3.05) is 26.2 Å². The minimum atomic E-state index is -4.63. The van der Waals surface area contributed by atoms with Crippen LogP contribution in [-0.2, 0) is 11.0 Å². The molecular weight excluding hydrogens is 435 g/mol. The molecule has 1 fully saturated rings. The Morgan fingerprint density at radius 1 is 0.970 bits per heavy atom. The van der Waals surface area contributed by atoms with E-state index in [2.05, 4.69) is 0 Å². The lowest BCUT2D eigenvalue weighted by Crippen LogP contribution is -2.54. The van der Waals surface area contributed by atoms with Gasteiger partial charge in [-0.3, -0.25) is 9.59 Å². The van der Waals surface area contributed by atoms with E-state index in [4.69, 9.17) is 4.74 Å². The third-order valence-corrected chi connectivity index (χ3v) is 5.45. The predicted octanol–water partition coefficient (Wildman–Crippen LogP) is 3.97. The molecule has 1 aliphatic heterocycles. The number of nitriles is 1. The van der Waals surface area contributed by atoms with E-state index in [0.717, 1.165) is 12.1 Å². The second kappa shape index (κ2) is 9.94. The summed E-state index contributed by atoms with van der Waals surface area (Å²) in [5.41, 5.74) is -1.06. The van der Waals surface area contributed by atoms with E-state index in [-0.39, 0.29) is 38.0 Å². The van der Waals surface area contributed by atoms with Crippen LogP contribution in [0.25, 0.3) is 0 Å². The number of benzene rings is 2. The molecule has 33 heavy (non-hydrogen) atoms. The number of para-hydroxylation sites is 1. The highest BCUT2D eigenvalue weighted by Crippen LogP contribution is 2.32. The number of piperazine rings is 1. The molecule has 2 aromatic rings. The van der Waals surface area contributed by atoms with E-state index in [1.54, 1.807) is 29.2 Å². The van der Waals surface area contributed by atoms with Gasteiger partial charge in [-0.1, -0.05) is 38.1 Å². The zero-order valence-electron chi connectivity index (χ0n) is 18.3. The van der Waals surface area contributed by atoms with Crippen LogP contribution >= 0.6 is 0 Å². The topological polar surface area (TPSA) is 73.6 Å². The SMILES string of the molecule is CC(C)C(Oc1ccccc1C#N)C(=O)N1CCN(C(=O)c2ccccc2C(F)(F)F)CC1. The molecule has 0 N–H and O–H groups in total. The standard InChI is InChI=1S/C24H24F3N3O3/c1-16(2)21(33-20-10-6-3-7-17(20)15-28)23(32)30-13-11-29(12-14-30)22(31)18-8-4-5-9-19(18)24(25,26)27/h3-10,16,21H,11-14H2,1-2H3. The normalized spacial score (nSPS) is 15.2. The van der Waals surface area contributed by atoms with Gasteiger partial charge in [-0.05, 0) is 30.2 Å². The van der Waals surface area contributed by atoms with Gasteiger partial charge >= 0.3 is 6.18 Å². The molecule has 0 radical (unpaired) electrons. The maximum Gasteiger partial charge on any atom is 0.417 e. The number of hydrogen-bond acceptors (Lipinski definition) is 4. The van der Waals surface area contributed by atoms with Crippen LogP contribution in [0.5, 0.6) is 5.75 Å². The molecule has 6 nitrogen and oxygen atoms in total. The van der Waals surface area contributed by atoms with Crippen LogP contribution in [0.1, 0.15) is 35.3 Å². The van der Waals surface area contributed by atoms with Crippen molar-refractivity contribution in [1.82, 2.24) is 9.80 Å². The smallest absolute Gasteiger partial charge is 0.417 e. The third kappa shape index (κ3) is 5.45. The fraction of sp³-hybridized carbons (Fsp3) is 0.375. The summed E-state index contributed by atoms with van der Waals surface area (Å²) in [6.45, 7) is 4.21. The summed E-state index contributed by atoms with van der Waals surface area (Å²) in [7, 11) is 0. The lowest BCUT2D eigenvalue weighted by molar-refractivity contribution is -0.142. The van der Waals surface area contributed by atoms with Crippen molar-refractivity contribution in [1.29, 1.82) is 5.26 Å². The molecule has 9 heteroatoms. The molecular formula is C24H24F3N3O3. The summed E-state index contributed by atoms with van der Waals surface area (Å²) in [5.74, 6) is -0.887. The highest BCUT2D eigenvalue weighted by atomic mass is 19.4. The fourth-order valence-electron chi connectivity index (χ4n) is 3.67. The Kier molecular flexibility index (Phi) is 7.26. The van der Waals surface area contributed by atoms with E-state index in [0.29, 0.717) is 11.3 Å². The zero-order valence-corrected chi connectivity index (χ0v) is 18.3. The first-order valence-electron chi connectivity index (χ1n) is 10.5. The highest BCUT2D eigenvalue weighted by Gasteiger charge is 2.37. The van der Waals surface area contributed by atoms with E-state index in [1.165, 1.54) is 17.0 Å². The number of ether oxygens (including phenoxy) is 1. The van der Waals surface area contributed by atoms with Crippen molar-refractivity contribution >= 4 is 11.8 Å². The molecule has 1 saturated heterocycles. The van der Waals surface area contributed by atoms with Gasteiger partial charge in [-0.25, -0.2) is 0 Å². The van der Waals surface area contributed by atoms with E-state index >= 15 is 0 Å². The molecule has 1 unspecified atom stereocenters. The van der Waals surface area contributed by atoms with Gasteiger partial charge in [-0.2, -0.15) is 18.4 Å². The largest absolute Gasteiger partial charge is 0.479 e. The second-order valence-corrected chi connectivity index (χ2v) is 8.05. The maximum atomic E-state index is 13.3. The van der Waals surface area contributed by atoms with Crippen LogP contribution in [-0.4, -0.2) is 53.9 Å². The Balaban J connectivity index is 1.69.